The van der Waals surface area contributed by atoms with Crippen LogP contribution in [0.5, 0.6) is 0 Å². The van der Waals surface area contributed by atoms with Crippen LogP contribution in [0.3, 0.4) is 0 Å². The van der Waals surface area contributed by atoms with Gasteiger partial charge in [0, 0.05) is 12.1 Å². The van der Waals surface area contributed by atoms with E-state index in [1.54, 1.807) is 16.9 Å². The Morgan fingerprint density at radius 3 is 2.85 bits per heavy atom. The van der Waals surface area contributed by atoms with Gasteiger partial charge in [0.05, 0.1) is 22.5 Å². The molecule has 0 fully saturated rings. The zero-order valence-corrected chi connectivity index (χ0v) is 15.5. The number of carbonyl (C=O) groups is 1. The first kappa shape index (κ1) is 16.6. The number of amides is 1. The molecule has 2 N–H and O–H groups in total. The summed E-state index contributed by atoms with van der Waals surface area (Å²) in [4.78, 5) is 17.1. The smallest absolute Gasteiger partial charge is 0.238 e. The summed E-state index contributed by atoms with van der Waals surface area (Å²) in [6.07, 6.45) is 1.68. The van der Waals surface area contributed by atoms with Crippen LogP contribution in [0.25, 0.3) is 16.8 Å². The molecule has 1 aromatic carbocycles. The van der Waals surface area contributed by atoms with E-state index in [0.29, 0.717) is 16.8 Å². The molecule has 0 aliphatic carbocycles. The van der Waals surface area contributed by atoms with Crippen molar-refractivity contribution in [3.63, 3.8) is 0 Å². The Labute approximate surface area is 154 Å². The summed E-state index contributed by atoms with van der Waals surface area (Å²) in [7, 11) is 0. The number of nitrogens with zero attached hydrogens (tertiary/aromatic N) is 5. The lowest BCUT2D eigenvalue weighted by atomic mass is 10.3. The lowest BCUT2D eigenvalue weighted by Crippen LogP contribution is -2.24. The SMILES string of the molecule is CC(Sc1n[nH]c2nc3ccccc3n12)C(=O)Nc1ccnn1C(C)C. The number of aromatic nitrogens is 6. The molecule has 1 unspecified atom stereocenters. The van der Waals surface area contributed by atoms with Crippen LogP contribution >= 0.6 is 11.8 Å². The third-order valence-corrected chi connectivity index (χ3v) is 5.12. The summed E-state index contributed by atoms with van der Waals surface area (Å²) >= 11 is 1.38. The summed E-state index contributed by atoms with van der Waals surface area (Å²) < 4.78 is 3.72. The molecule has 1 atom stereocenters. The molecule has 0 aliphatic heterocycles. The van der Waals surface area contributed by atoms with Gasteiger partial charge >= 0.3 is 0 Å². The van der Waals surface area contributed by atoms with E-state index >= 15 is 0 Å². The van der Waals surface area contributed by atoms with Gasteiger partial charge in [-0.3, -0.25) is 9.20 Å². The monoisotopic (exact) mass is 369 g/mol. The summed E-state index contributed by atoms with van der Waals surface area (Å²) in [5.41, 5.74) is 1.85. The summed E-state index contributed by atoms with van der Waals surface area (Å²) in [6, 6.07) is 9.82. The van der Waals surface area contributed by atoms with Gasteiger partial charge in [-0.2, -0.15) is 5.10 Å². The molecule has 9 heteroatoms. The highest BCUT2D eigenvalue weighted by Gasteiger charge is 2.21. The number of fused-ring (bicyclic) bond motifs is 3. The number of hydrogen-bond acceptors (Lipinski definition) is 5. The number of hydrogen-bond donors (Lipinski definition) is 2. The van der Waals surface area contributed by atoms with E-state index < -0.39 is 0 Å². The van der Waals surface area contributed by atoms with E-state index in [0.717, 1.165) is 11.0 Å². The highest BCUT2D eigenvalue weighted by molar-refractivity contribution is 8.00. The number of H-pyrrole nitrogens is 1. The predicted octanol–water partition coefficient (Wildman–Crippen LogP) is 3.11. The van der Waals surface area contributed by atoms with Crippen molar-refractivity contribution in [2.24, 2.45) is 0 Å². The van der Waals surface area contributed by atoms with Crippen LogP contribution in [0.1, 0.15) is 26.8 Å². The maximum absolute atomic E-state index is 12.6. The van der Waals surface area contributed by atoms with Crippen LogP contribution in [-0.4, -0.2) is 40.5 Å². The molecule has 0 bridgehead atoms. The van der Waals surface area contributed by atoms with Crippen molar-refractivity contribution in [2.45, 2.75) is 37.2 Å². The van der Waals surface area contributed by atoms with Gasteiger partial charge in [-0.15, -0.1) is 5.10 Å². The molecule has 4 aromatic rings. The highest BCUT2D eigenvalue weighted by atomic mass is 32.2. The molecular formula is C17H19N7OS. The van der Waals surface area contributed by atoms with Gasteiger partial charge in [-0.1, -0.05) is 23.9 Å². The molecular weight excluding hydrogens is 350 g/mol. The van der Waals surface area contributed by atoms with Crippen molar-refractivity contribution in [2.75, 3.05) is 5.32 Å². The second-order valence-corrected chi connectivity index (χ2v) is 7.58. The van der Waals surface area contributed by atoms with Crippen LogP contribution in [0, 0.1) is 0 Å². The third-order valence-electron chi connectivity index (χ3n) is 4.07. The van der Waals surface area contributed by atoms with Crippen molar-refractivity contribution in [1.82, 2.24) is 29.4 Å². The molecule has 0 radical (unpaired) electrons. The minimum Gasteiger partial charge on any atom is -0.310 e. The van der Waals surface area contributed by atoms with Gasteiger partial charge in [0.15, 0.2) is 5.16 Å². The highest BCUT2D eigenvalue weighted by Crippen LogP contribution is 2.26. The van der Waals surface area contributed by atoms with Crippen LogP contribution in [0.15, 0.2) is 41.7 Å². The quantitative estimate of drug-likeness (QED) is 0.527. The predicted molar refractivity (Wildman–Crippen MR) is 101 cm³/mol. The van der Waals surface area contributed by atoms with E-state index in [1.807, 2.05) is 49.4 Å². The first-order valence-corrected chi connectivity index (χ1v) is 9.25. The van der Waals surface area contributed by atoms with E-state index in [9.17, 15) is 4.79 Å². The number of carbonyl (C=O) groups excluding carboxylic acids is 1. The number of anilines is 1. The second kappa shape index (κ2) is 6.49. The molecule has 3 aromatic heterocycles. The maximum Gasteiger partial charge on any atom is 0.238 e. The molecule has 134 valence electrons. The molecule has 1 amide bonds. The molecule has 8 nitrogen and oxygen atoms in total. The van der Waals surface area contributed by atoms with Crippen molar-refractivity contribution >= 4 is 40.3 Å². The van der Waals surface area contributed by atoms with Gasteiger partial charge < -0.3 is 5.32 Å². The standard InChI is InChI=1S/C17H19N7OS/c1-10(2)24-14(8-9-18-24)20-15(25)11(3)26-17-22-21-16-19-12-6-4-5-7-13(12)23(16)17/h4-11H,1-3H3,(H,19,21)(H,20,25). The Kier molecular flexibility index (Phi) is 4.15. The summed E-state index contributed by atoms with van der Waals surface area (Å²) in [6.45, 7) is 5.90. The van der Waals surface area contributed by atoms with Gasteiger partial charge in [0.2, 0.25) is 11.7 Å². The number of para-hydroxylation sites is 2. The summed E-state index contributed by atoms with van der Waals surface area (Å²) in [5, 5.41) is 14.8. The Morgan fingerprint density at radius 1 is 1.23 bits per heavy atom. The number of nitrogens with one attached hydrogen (secondary N) is 2. The number of thioether (sulfide) groups is 1. The van der Waals surface area contributed by atoms with Crippen LogP contribution in [-0.2, 0) is 4.79 Å². The average Bonchev–Trinajstić information content (AvgIpc) is 3.30. The number of benzene rings is 1. The van der Waals surface area contributed by atoms with E-state index in [4.69, 9.17) is 0 Å². The van der Waals surface area contributed by atoms with Crippen LogP contribution in [0.4, 0.5) is 5.82 Å². The van der Waals surface area contributed by atoms with Gasteiger partial charge in [-0.25, -0.2) is 14.8 Å². The maximum atomic E-state index is 12.6. The van der Waals surface area contributed by atoms with Crippen molar-refractivity contribution in [3.05, 3.63) is 36.5 Å². The molecule has 0 aliphatic rings. The fourth-order valence-corrected chi connectivity index (χ4v) is 3.66. The van der Waals surface area contributed by atoms with Crippen molar-refractivity contribution < 1.29 is 4.79 Å². The molecule has 26 heavy (non-hydrogen) atoms. The van der Waals surface area contributed by atoms with Gasteiger partial charge in [-0.05, 0) is 32.9 Å². The lowest BCUT2D eigenvalue weighted by molar-refractivity contribution is -0.115. The lowest BCUT2D eigenvalue weighted by Gasteiger charge is -2.14. The minimum absolute atomic E-state index is 0.0991. The van der Waals surface area contributed by atoms with Crippen LogP contribution < -0.4 is 5.32 Å². The van der Waals surface area contributed by atoms with Crippen molar-refractivity contribution in [1.29, 1.82) is 0 Å². The summed E-state index contributed by atoms with van der Waals surface area (Å²) in [5.74, 6) is 1.26. The normalized spacial score (nSPS) is 12.9. The van der Waals surface area contributed by atoms with Crippen LogP contribution in [0.2, 0.25) is 0 Å². The third kappa shape index (κ3) is 2.84. The first-order chi connectivity index (χ1) is 12.5. The Hall–Kier alpha value is -2.81. The largest absolute Gasteiger partial charge is 0.310 e. The van der Waals surface area contributed by atoms with E-state index in [2.05, 4.69) is 25.6 Å². The fraction of sp³-hybridized carbons (Fsp3) is 0.294. The van der Waals surface area contributed by atoms with Gasteiger partial charge in [0.25, 0.3) is 0 Å². The molecule has 0 saturated heterocycles. The number of imidazole rings is 1. The van der Waals surface area contributed by atoms with Gasteiger partial charge in [0.1, 0.15) is 5.82 Å². The average molecular weight is 369 g/mol. The molecule has 0 saturated carbocycles. The molecule has 4 rings (SSSR count). The fourth-order valence-electron chi connectivity index (χ4n) is 2.79. The Balaban J connectivity index is 1.56. The molecule has 0 spiro atoms. The van der Waals surface area contributed by atoms with E-state index in [-0.39, 0.29) is 17.2 Å². The number of rotatable bonds is 5. The second-order valence-electron chi connectivity index (χ2n) is 6.27. The van der Waals surface area contributed by atoms with Crippen molar-refractivity contribution in [3.8, 4) is 0 Å². The van der Waals surface area contributed by atoms with E-state index in [1.165, 1.54) is 11.8 Å². The number of aromatic amines is 1. The first-order valence-electron chi connectivity index (χ1n) is 8.37. The zero-order valence-electron chi connectivity index (χ0n) is 14.7. The molecule has 3 heterocycles. The zero-order chi connectivity index (χ0) is 18.3. The Bertz CT molecular complexity index is 1080. The topological polar surface area (TPSA) is 92.9 Å². The minimum atomic E-state index is -0.335. The Morgan fingerprint density at radius 2 is 2.04 bits per heavy atom.